The molecular formula is C59H108O6. The van der Waals surface area contributed by atoms with Crippen LogP contribution in [0.25, 0.3) is 0 Å². The van der Waals surface area contributed by atoms with Gasteiger partial charge in [-0.3, -0.25) is 14.4 Å². The first kappa shape index (κ1) is 62.6. The lowest BCUT2D eigenvalue weighted by molar-refractivity contribution is -0.167. The summed E-state index contributed by atoms with van der Waals surface area (Å²) in [6, 6.07) is 0. The van der Waals surface area contributed by atoms with Crippen LogP contribution in [-0.2, 0) is 28.6 Å². The van der Waals surface area contributed by atoms with Crippen LogP contribution in [0.4, 0.5) is 0 Å². The molecule has 380 valence electrons. The minimum Gasteiger partial charge on any atom is -0.462 e. The van der Waals surface area contributed by atoms with Crippen LogP contribution in [0.1, 0.15) is 303 Å². The first-order valence-electron chi connectivity index (χ1n) is 28.5. The molecule has 0 spiro atoms. The summed E-state index contributed by atoms with van der Waals surface area (Å²) >= 11 is 0. The summed E-state index contributed by atoms with van der Waals surface area (Å²) in [5.41, 5.74) is 0. The van der Waals surface area contributed by atoms with Crippen LogP contribution in [-0.4, -0.2) is 37.2 Å². The summed E-state index contributed by atoms with van der Waals surface area (Å²) in [5, 5.41) is 0. The normalized spacial score (nSPS) is 12.2. The molecule has 0 N–H and O–H groups in total. The van der Waals surface area contributed by atoms with E-state index in [-0.39, 0.29) is 31.1 Å². The van der Waals surface area contributed by atoms with Crippen molar-refractivity contribution in [3.63, 3.8) is 0 Å². The fraction of sp³-hybridized carbons (Fsp3) is 0.847. The van der Waals surface area contributed by atoms with Crippen LogP contribution in [0.3, 0.4) is 0 Å². The van der Waals surface area contributed by atoms with E-state index in [1.54, 1.807) is 0 Å². The molecule has 0 saturated heterocycles. The highest BCUT2D eigenvalue weighted by atomic mass is 16.6. The van der Waals surface area contributed by atoms with Gasteiger partial charge in [-0.15, -0.1) is 0 Å². The third-order valence-corrected chi connectivity index (χ3v) is 12.6. The average Bonchev–Trinajstić information content (AvgIpc) is 3.30. The lowest BCUT2D eigenvalue weighted by Crippen LogP contribution is -2.30. The molecule has 1 unspecified atom stereocenters. The first-order valence-corrected chi connectivity index (χ1v) is 28.5. The number of hydrogen-bond donors (Lipinski definition) is 0. The van der Waals surface area contributed by atoms with Crippen molar-refractivity contribution in [1.82, 2.24) is 0 Å². The summed E-state index contributed by atoms with van der Waals surface area (Å²) < 4.78 is 16.9. The Bertz CT molecular complexity index is 1090. The van der Waals surface area contributed by atoms with Crippen molar-refractivity contribution in [2.24, 2.45) is 0 Å². The van der Waals surface area contributed by atoms with Crippen molar-refractivity contribution in [2.75, 3.05) is 13.2 Å². The Morgan fingerprint density at radius 3 is 0.892 bits per heavy atom. The number of allylic oxidation sites excluding steroid dienone is 6. The molecule has 0 heterocycles. The Kier molecular flexibility index (Phi) is 52.3. The summed E-state index contributed by atoms with van der Waals surface area (Å²) in [7, 11) is 0. The Morgan fingerprint density at radius 2 is 0.554 bits per heavy atom. The summed E-state index contributed by atoms with van der Waals surface area (Å²) in [6.07, 6.45) is 64.1. The Balaban J connectivity index is 4.36. The number of hydrogen-bond acceptors (Lipinski definition) is 6. The minimum atomic E-state index is -0.778. The van der Waals surface area contributed by atoms with Gasteiger partial charge in [-0.2, -0.15) is 0 Å². The van der Waals surface area contributed by atoms with Gasteiger partial charge < -0.3 is 14.2 Å². The smallest absolute Gasteiger partial charge is 0.306 e. The Morgan fingerprint density at radius 1 is 0.308 bits per heavy atom. The van der Waals surface area contributed by atoms with E-state index in [1.807, 2.05) is 0 Å². The quantitative estimate of drug-likeness (QED) is 0.0199. The Hall–Kier alpha value is -2.37. The minimum absolute atomic E-state index is 0.0762. The van der Waals surface area contributed by atoms with Crippen LogP contribution in [0, 0.1) is 0 Å². The highest BCUT2D eigenvalue weighted by Crippen LogP contribution is 2.16. The fourth-order valence-electron chi connectivity index (χ4n) is 8.31. The van der Waals surface area contributed by atoms with Gasteiger partial charge in [0, 0.05) is 19.3 Å². The van der Waals surface area contributed by atoms with Gasteiger partial charge in [0.15, 0.2) is 6.10 Å². The molecule has 0 saturated carbocycles. The van der Waals surface area contributed by atoms with Gasteiger partial charge in [0.1, 0.15) is 13.2 Å². The van der Waals surface area contributed by atoms with E-state index in [1.165, 1.54) is 193 Å². The third-order valence-electron chi connectivity index (χ3n) is 12.6. The molecule has 0 fully saturated rings. The van der Waals surface area contributed by atoms with Gasteiger partial charge >= 0.3 is 17.9 Å². The predicted octanol–water partition coefficient (Wildman–Crippen LogP) is 18.9. The van der Waals surface area contributed by atoms with E-state index in [2.05, 4.69) is 57.2 Å². The van der Waals surface area contributed by atoms with Crippen LogP contribution in [0.5, 0.6) is 0 Å². The molecular weight excluding hydrogens is 805 g/mol. The van der Waals surface area contributed by atoms with Crippen molar-refractivity contribution in [1.29, 1.82) is 0 Å². The maximum atomic E-state index is 12.8. The molecule has 65 heavy (non-hydrogen) atoms. The molecule has 0 aliphatic heterocycles. The molecule has 6 nitrogen and oxygen atoms in total. The topological polar surface area (TPSA) is 78.9 Å². The predicted molar refractivity (Wildman–Crippen MR) is 279 cm³/mol. The molecule has 0 rings (SSSR count). The van der Waals surface area contributed by atoms with Gasteiger partial charge in [0.2, 0.25) is 0 Å². The summed E-state index contributed by atoms with van der Waals surface area (Å²) in [6.45, 7) is 6.63. The van der Waals surface area contributed by atoms with E-state index in [4.69, 9.17) is 14.2 Å². The molecule has 0 aromatic rings. The van der Waals surface area contributed by atoms with Crippen molar-refractivity contribution in [3.8, 4) is 0 Å². The van der Waals surface area contributed by atoms with Gasteiger partial charge in [-0.05, 0) is 70.6 Å². The molecule has 0 aromatic heterocycles. The van der Waals surface area contributed by atoms with E-state index in [9.17, 15) is 14.4 Å². The lowest BCUT2D eigenvalue weighted by Gasteiger charge is -2.18. The van der Waals surface area contributed by atoms with Crippen molar-refractivity contribution in [3.05, 3.63) is 36.5 Å². The lowest BCUT2D eigenvalue weighted by atomic mass is 10.0. The van der Waals surface area contributed by atoms with Crippen LogP contribution in [0.15, 0.2) is 36.5 Å². The van der Waals surface area contributed by atoms with Crippen LogP contribution >= 0.6 is 0 Å². The number of carbonyl (C=O) groups excluding carboxylic acids is 3. The zero-order valence-electron chi connectivity index (χ0n) is 43.5. The second-order valence-electron chi connectivity index (χ2n) is 19.2. The molecule has 0 aliphatic rings. The highest BCUT2D eigenvalue weighted by Gasteiger charge is 2.19. The Labute approximate surface area is 404 Å². The zero-order valence-corrected chi connectivity index (χ0v) is 43.5. The molecule has 0 aromatic carbocycles. The second kappa shape index (κ2) is 54.2. The number of ether oxygens (including phenoxy) is 3. The number of unbranched alkanes of at least 4 members (excludes halogenated alkanes) is 36. The molecule has 6 heteroatoms. The fourth-order valence-corrected chi connectivity index (χ4v) is 8.31. The van der Waals surface area contributed by atoms with Gasteiger partial charge in [0.05, 0.1) is 0 Å². The van der Waals surface area contributed by atoms with E-state index in [0.29, 0.717) is 19.3 Å². The molecule has 0 bridgehead atoms. The molecule has 0 radical (unpaired) electrons. The van der Waals surface area contributed by atoms with Crippen molar-refractivity contribution < 1.29 is 28.6 Å². The molecule has 0 amide bonds. The molecule has 1 atom stereocenters. The van der Waals surface area contributed by atoms with Gasteiger partial charge in [-0.1, -0.05) is 250 Å². The third kappa shape index (κ3) is 52.5. The monoisotopic (exact) mass is 913 g/mol. The van der Waals surface area contributed by atoms with Gasteiger partial charge in [-0.25, -0.2) is 0 Å². The molecule has 0 aliphatic carbocycles. The summed E-state index contributed by atoms with van der Waals surface area (Å²) in [5.74, 6) is -0.881. The largest absolute Gasteiger partial charge is 0.462 e. The maximum absolute atomic E-state index is 12.8. The number of carbonyl (C=O) groups is 3. The van der Waals surface area contributed by atoms with Crippen molar-refractivity contribution >= 4 is 17.9 Å². The SMILES string of the molecule is CCCCC/C=C\C=C/CCCCCCCCC(=O)OC(COC(=O)CCCCCCC/C=C\CCCCCCCCCCC)COC(=O)CCCCCCCCCCCCCCCC. The van der Waals surface area contributed by atoms with Gasteiger partial charge in [0.25, 0.3) is 0 Å². The summed E-state index contributed by atoms with van der Waals surface area (Å²) in [4.78, 5) is 38.1. The number of rotatable bonds is 52. The second-order valence-corrected chi connectivity index (χ2v) is 19.2. The highest BCUT2D eigenvalue weighted by molar-refractivity contribution is 5.71. The van der Waals surface area contributed by atoms with E-state index < -0.39 is 6.10 Å². The number of esters is 3. The van der Waals surface area contributed by atoms with Crippen molar-refractivity contribution in [2.45, 2.75) is 309 Å². The van der Waals surface area contributed by atoms with Crippen LogP contribution < -0.4 is 0 Å². The maximum Gasteiger partial charge on any atom is 0.306 e. The van der Waals surface area contributed by atoms with E-state index >= 15 is 0 Å². The zero-order chi connectivity index (χ0) is 47.2. The average molecular weight is 914 g/mol. The van der Waals surface area contributed by atoms with E-state index in [0.717, 1.165) is 70.6 Å². The first-order chi connectivity index (χ1) is 32.0. The standard InChI is InChI=1S/C59H108O6/c1-4-7-10-13-16-19-22-25-28-29-30-32-34-37-40-43-46-49-52-58(61)64-55-56(54-63-57(60)51-48-45-42-39-36-33-27-24-21-18-15-12-9-6-3)65-59(62)53-50-47-44-41-38-35-31-26-23-20-17-14-11-8-5-2/h17,20,23,26,30,32,56H,4-16,18-19,21-22,24-25,27-29,31,33-55H2,1-3H3/b20-17-,26-23-,32-30-. The van der Waals surface area contributed by atoms with Crippen LogP contribution in [0.2, 0.25) is 0 Å².